The molecule has 1 aliphatic carbocycles. The number of pyridine rings is 1. The van der Waals surface area contributed by atoms with Gasteiger partial charge in [0.2, 0.25) is 21.8 Å². The number of carbonyl (C=O) groups is 1. The van der Waals surface area contributed by atoms with Crippen molar-refractivity contribution < 1.29 is 17.9 Å². The molecule has 1 aliphatic heterocycles. The maximum Gasteiger partial charge on any atom is 0.240 e. The summed E-state index contributed by atoms with van der Waals surface area (Å²) in [7, 11) is -2.12. The van der Waals surface area contributed by atoms with Gasteiger partial charge >= 0.3 is 0 Å². The molecule has 3 N–H and O–H groups in total. The summed E-state index contributed by atoms with van der Waals surface area (Å²) in [5, 5.41) is 6.89. The summed E-state index contributed by atoms with van der Waals surface area (Å²) in [5.74, 6) is 0.423. The van der Waals surface area contributed by atoms with E-state index in [2.05, 4.69) is 25.3 Å². The van der Waals surface area contributed by atoms with Gasteiger partial charge in [0, 0.05) is 18.2 Å². The lowest BCUT2D eigenvalue weighted by molar-refractivity contribution is -0.118. The number of ether oxygens (including phenoxy) is 1. The standard InChI is InChI=1S/C28H37N5O4S2/c1-3-22(23-9-6-16-29-23)33-39(35,36)20-12-10-19(11-13-20)21(17-18-7-4-5-8-18)26(34)32-28-30-24-14-15-25(37-2)31-27(24)38-28/h10-15,18,21-23,29,33H,3-9,16-17H2,1-2H3,(H,30,32,34). The van der Waals surface area contributed by atoms with Gasteiger partial charge in [-0.25, -0.2) is 23.1 Å². The number of carbonyl (C=O) groups excluding carboxylic acids is 1. The molecule has 5 rings (SSSR count). The Morgan fingerprint density at radius 1 is 1.10 bits per heavy atom. The topological polar surface area (TPSA) is 122 Å². The second kappa shape index (κ2) is 12.3. The minimum Gasteiger partial charge on any atom is -0.481 e. The average Bonchev–Trinajstić information content (AvgIpc) is 3.72. The van der Waals surface area contributed by atoms with Crippen molar-refractivity contribution in [3.05, 3.63) is 42.0 Å². The van der Waals surface area contributed by atoms with Crippen LogP contribution in [0.15, 0.2) is 41.3 Å². The molecule has 1 amide bonds. The minimum atomic E-state index is -3.68. The Labute approximate surface area is 234 Å². The molecule has 11 heteroatoms. The maximum absolute atomic E-state index is 13.6. The lowest BCUT2D eigenvalue weighted by Gasteiger charge is -2.24. The van der Waals surface area contributed by atoms with Gasteiger partial charge in [0.1, 0.15) is 10.3 Å². The van der Waals surface area contributed by atoms with Gasteiger partial charge in [-0.05, 0) is 61.9 Å². The third-order valence-corrected chi connectivity index (χ3v) is 10.3. The molecule has 1 saturated carbocycles. The fraction of sp³-hybridized carbons (Fsp3) is 0.536. The first-order valence-corrected chi connectivity index (χ1v) is 16.1. The van der Waals surface area contributed by atoms with Crippen molar-refractivity contribution in [1.29, 1.82) is 0 Å². The highest BCUT2D eigenvalue weighted by atomic mass is 32.2. The van der Waals surface area contributed by atoms with E-state index in [0.29, 0.717) is 33.7 Å². The number of methoxy groups -OCH3 is 1. The predicted octanol–water partition coefficient (Wildman–Crippen LogP) is 4.81. The molecule has 0 spiro atoms. The number of nitrogens with one attached hydrogen (secondary N) is 3. The largest absolute Gasteiger partial charge is 0.481 e. The summed E-state index contributed by atoms with van der Waals surface area (Å²) in [6.45, 7) is 2.92. The van der Waals surface area contributed by atoms with E-state index in [4.69, 9.17) is 4.74 Å². The lowest BCUT2D eigenvalue weighted by Crippen LogP contribution is -2.46. The molecule has 9 nitrogen and oxygen atoms in total. The van der Waals surface area contributed by atoms with Crippen LogP contribution in [0, 0.1) is 5.92 Å². The molecule has 1 aromatic carbocycles. The molecule has 1 saturated heterocycles. The number of thiazole rings is 1. The molecule has 0 radical (unpaired) electrons. The van der Waals surface area contributed by atoms with Crippen molar-refractivity contribution in [2.24, 2.45) is 5.92 Å². The van der Waals surface area contributed by atoms with Crippen LogP contribution in [0.5, 0.6) is 5.88 Å². The molecule has 3 unspecified atom stereocenters. The van der Waals surface area contributed by atoms with E-state index in [-0.39, 0.29) is 22.9 Å². The third kappa shape index (κ3) is 6.59. The van der Waals surface area contributed by atoms with Gasteiger partial charge in [-0.2, -0.15) is 0 Å². The normalized spacial score (nSPS) is 19.8. The number of nitrogens with zero attached hydrogens (tertiary/aromatic N) is 2. The van der Waals surface area contributed by atoms with Crippen LogP contribution in [-0.4, -0.2) is 50.0 Å². The summed E-state index contributed by atoms with van der Waals surface area (Å²) in [6, 6.07) is 10.4. The third-order valence-electron chi connectivity index (χ3n) is 7.95. The molecule has 3 atom stereocenters. The second-order valence-electron chi connectivity index (χ2n) is 10.5. The van der Waals surface area contributed by atoms with Crippen LogP contribution >= 0.6 is 11.3 Å². The quantitative estimate of drug-likeness (QED) is 0.302. The summed E-state index contributed by atoms with van der Waals surface area (Å²) in [5.41, 5.74) is 1.51. The first-order valence-electron chi connectivity index (χ1n) is 13.8. The van der Waals surface area contributed by atoms with Crippen molar-refractivity contribution in [2.45, 2.75) is 81.2 Å². The van der Waals surface area contributed by atoms with Gasteiger partial charge < -0.3 is 15.4 Å². The number of hydrogen-bond donors (Lipinski definition) is 3. The maximum atomic E-state index is 13.6. The van der Waals surface area contributed by atoms with Gasteiger partial charge in [-0.15, -0.1) is 0 Å². The number of amides is 1. The average molecular weight is 572 g/mol. The SMILES string of the molecule is CCC(NS(=O)(=O)c1ccc(C(CC2CCCC2)C(=O)Nc2nc3ccc(OC)nc3s2)cc1)C1CCCN1. The second-order valence-corrected chi connectivity index (χ2v) is 13.2. The molecule has 2 fully saturated rings. The van der Waals surface area contributed by atoms with Crippen LogP contribution in [0.3, 0.4) is 0 Å². The van der Waals surface area contributed by atoms with Crippen molar-refractivity contribution in [3.63, 3.8) is 0 Å². The Morgan fingerprint density at radius 3 is 2.54 bits per heavy atom. The fourth-order valence-corrected chi connectivity index (χ4v) is 7.98. The zero-order chi connectivity index (χ0) is 27.4. The highest BCUT2D eigenvalue weighted by Crippen LogP contribution is 2.36. The molecule has 2 aromatic heterocycles. The van der Waals surface area contributed by atoms with E-state index < -0.39 is 15.9 Å². The number of fused-ring (bicyclic) bond motifs is 1. The number of anilines is 1. The van der Waals surface area contributed by atoms with Crippen LogP contribution in [0.1, 0.15) is 69.8 Å². The zero-order valence-corrected chi connectivity index (χ0v) is 24.1. The Balaban J connectivity index is 1.34. The Bertz CT molecular complexity index is 1380. The van der Waals surface area contributed by atoms with Crippen molar-refractivity contribution in [2.75, 3.05) is 19.0 Å². The molecule has 39 heavy (non-hydrogen) atoms. The van der Waals surface area contributed by atoms with Gasteiger partial charge in [0.05, 0.1) is 17.9 Å². The molecule has 210 valence electrons. The number of rotatable bonds is 11. The molecule has 3 aromatic rings. The molecule has 0 bridgehead atoms. The van der Waals surface area contributed by atoms with E-state index in [1.54, 1.807) is 37.4 Å². The van der Waals surface area contributed by atoms with Crippen LogP contribution in [0.4, 0.5) is 5.13 Å². The zero-order valence-electron chi connectivity index (χ0n) is 22.5. The van der Waals surface area contributed by atoms with E-state index >= 15 is 0 Å². The van der Waals surface area contributed by atoms with Crippen molar-refractivity contribution in [3.8, 4) is 5.88 Å². The van der Waals surface area contributed by atoms with Crippen molar-refractivity contribution in [1.82, 2.24) is 20.0 Å². The highest BCUT2D eigenvalue weighted by molar-refractivity contribution is 7.89. The van der Waals surface area contributed by atoms with Gasteiger partial charge in [0.25, 0.3) is 0 Å². The predicted molar refractivity (Wildman–Crippen MR) is 154 cm³/mol. The highest BCUT2D eigenvalue weighted by Gasteiger charge is 2.30. The first kappa shape index (κ1) is 27.9. The van der Waals surface area contributed by atoms with E-state index in [9.17, 15) is 13.2 Å². The van der Waals surface area contributed by atoms with E-state index in [0.717, 1.165) is 44.2 Å². The minimum absolute atomic E-state index is 0.139. The molecule has 2 aliphatic rings. The monoisotopic (exact) mass is 571 g/mol. The summed E-state index contributed by atoms with van der Waals surface area (Å²) < 4.78 is 34.5. The Hall–Kier alpha value is -2.60. The van der Waals surface area contributed by atoms with Crippen LogP contribution < -0.4 is 20.1 Å². The molecule has 3 heterocycles. The smallest absolute Gasteiger partial charge is 0.240 e. The van der Waals surface area contributed by atoms with Gasteiger partial charge in [-0.3, -0.25) is 4.79 Å². The lowest BCUT2D eigenvalue weighted by atomic mass is 9.87. The van der Waals surface area contributed by atoms with E-state index in [1.807, 2.05) is 13.0 Å². The molecular weight excluding hydrogens is 534 g/mol. The number of sulfonamides is 1. The van der Waals surface area contributed by atoms with Crippen molar-refractivity contribution >= 4 is 42.7 Å². The summed E-state index contributed by atoms with van der Waals surface area (Å²) in [4.78, 5) is 23.4. The first-order chi connectivity index (χ1) is 18.9. The van der Waals surface area contributed by atoms with Crippen LogP contribution in [0.25, 0.3) is 10.3 Å². The van der Waals surface area contributed by atoms with Gasteiger partial charge in [0.15, 0.2) is 5.13 Å². The Morgan fingerprint density at radius 2 is 1.87 bits per heavy atom. The summed E-state index contributed by atoms with van der Waals surface area (Å²) in [6.07, 6.45) is 8.05. The van der Waals surface area contributed by atoms with Gasteiger partial charge in [-0.1, -0.05) is 56.1 Å². The summed E-state index contributed by atoms with van der Waals surface area (Å²) >= 11 is 1.31. The fourth-order valence-electron chi connectivity index (χ4n) is 5.79. The van der Waals surface area contributed by atoms with E-state index in [1.165, 1.54) is 24.2 Å². The van der Waals surface area contributed by atoms with Crippen LogP contribution in [0.2, 0.25) is 0 Å². The number of aromatic nitrogens is 2. The number of benzene rings is 1. The van der Waals surface area contributed by atoms with Crippen LogP contribution in [-0.2, 0) is 14.8 Å². The Kier molecular flexibility index (Phi) is 8.80. The molecular formula is C28H37N5O4S2. The number of hydrogen-bond acceptors (Lipinski definition) is 8.